The second-order valence-electron chi connectivity index (χ2n) is 3.73. The van der Waals surface area contributed by atoms with Crippen LogP contribution in [-0.4, -0.2) is 6.54 Å². The van der Waals surface area contributed by atoms with Crippen LogP contribution >= 0.6 is 0 Å². The molecule has 0 spiro atoms. The third kappa shape index (κ3) is 2.02. The highest BCUT2D eigenvalue weighted by Gasteiger charge is 2.16. The molecule has 0 saturated carbocycles. The van der Waals surface area contributed by atoms with Crippen LogP contribution < -0.4 is 5.32 Å². The van der Waals surface area contributed by atoms with Gasteiger partial charge in [0.2, 0.25) is 0 Å². The summed E-state index contributed by atoms with van der Waals surface area (Å²) in [6.07, 6.45) is 2.08. The Hall–Kier alpha value is -1.15. The SMILES string of the molecule is Cc1cccc(C2CC(F)=CCN2)c1. The third-order valence-corrected chi connectivity index (χ3v) is 2.53. The number of rotatable bonds is 1. The van der Waals surface area contributed by atoms with Crippen molar-refractivity contribution in [2.75, 3.05) is 6.54 Å². The topological polar surface area (TPSA) is 12.0 Å². The van der Waals surface area contributed by atoms with E-state index >= 15 is 0 Å². The molecule has 1 heterocycles. The lowest BCUT2D eigenvalue weighted by Crippen LogP contribution is -2.25. The van der Waals surface area contributed by atoms with E-state index in [-0.39, 0.29) is 11.9 Å². The van der Waals surface area contributed by atoms with Gasteiger partial charge in [0.05, 0.1) is 5.83 Å². The lowest BCUT2D eigenvalue weighted by Gasteiger charge is -2.21. The number of hydrogen-bond acceptors (Lipinski definition) is 1. The van der Waals surface area contributed by atoms with Gasteiger partial charge in [-0.25, -0.2) is 4.39 Å². The molecule has 0 saturated heterocycles. The zero-order valence-electron chi connectivity index (χ0n) is 8.26. The monoisotopic (exact) mass is 191 g/mol. The van der Waals surface area contributed by atoms with E-state index < -0.39 is 0 Å². The number of aryl methyl sites for hydroxylation is 1. The van der Waals surface area contributed by atoms with Crippen molar-refractivity contribution in [1.82, 2.24) is 5.32 Å². The molecule has 0 amide bonds. The van der Waals surface area contributed by atoms with E-state index in [1.165, 1.54) is 11.1 Å². The van der Waals surface area contributed by atoms with Crippen LogP contribution in [0.4, 0.5) is 4.39 Å². The van der Waals surface area contributed by atoms with Crippen molar-refractivity contribution in [3.8, 4) is 0 Å². The first-order valence-electron chi connectivity index (χ1n) is 4.90. The normalized spacial score (nSPS) is 21.9. The maximum atomic E-state index is 13.0. The minimum absolute atomic E-state index is 0.00439. The smallest absolute Gasteiger partial charge is 0.0991 e. The maximum Gasteiger partial charge on any atom is 0.0991 e. The molecule has 1 unspecified atom stereocenters. The van der Waals surface area contributed by atoms with Crippen LogP contribution in [0.25, 0.3) is 0 Å². The van der Waals surface area contributed by atoms with Crippen LogP contribution in [0.2, 0.25) is 0 Å². The van der Waals surface area contributed by atoms with E-state index in [4.69, 9.17) is 0 Å². The first-order valence-corrected chi connectivity index (χ1v) is 4.90. The molecule has 1 aromatic carbocycles. The Labute approximate surface area is 83.6 Å². The summed E-state index contributed by atoms with van der Waals surface area (Å²) < 4.78 is 13.0. The predicted octanol–water partition coefficient (Wildman–Crippen LogP) is 2.88. The Kier molecular flexibility index (Phi) is 2.64. The molecule has 0 radical (unpaired) electrons. The zero-order valence-corrected chi connectivity index (χ0v) is 8.26. The van der Waals surface area contributed by atoms with Crippen LogP contribution in [0.3, 0.4) is 0 Å². The first kappa shape index (κ1) is 9.41. The van der Waals surface area contributed by atoms with E-state index in [1.807, 2.05) is 12.1 Å². The molecule has 1 nitrogen and oxygen atoms in total. The summed E-state index contributed by atoms with van der Waals surface area (Å²) in [4.78, 5) is 0. The van der Waals surface area contributed by atoms with Gasteiger partial charge >= 0.3 is 0 Å². The van der Waals surface area contributed by atoms with Crippen molar-refractivity contribution in [1.29, 1.82) is 0 Å². The van der Waals surface area contributed by atoms with Gasteiger partial charge in [-0.2, -0.15) is 0 Å². The third-order valence-electron chi connectivity index (χ3n) is 2.53. The highest BCUT2D eigenvalue weighted by molar-refractivity contribution is 5.26. The van der Waals surface area contributed by atoms with Crippen LogP contribution in [0.1, 0.15) is 23.6 Å². The maximum absolute atomic E-state index is 13.0. The molecule has 2 rings (SSSR count). The fraction of sp³-hybridized carbons (Fsp3) is 0.333. The largest absolute Gasteiger partial charge is 0.306 e. The Morgan fingerprint density at radius 3 is 3.00 bits per heavy atom. The zero-order chi connectivity index (χ0) is 9.97. The Morgan fingerprint density at radius 1 is 1.43 bits per heavy atom. The van der Waals surface area contributed by atoms with Gasteiger partial charge in [0.25, 0.3) is 0 Å². The molecule has 14 heavy (non-hydrogen) atoms. The molecule has 74 valence electrons. The van der Waals surface area contributed by atoms with Gasteiger partial charge in [-0.05, 0) is 18.6 Å². The fourth-order valence-corrected chi connectivity index (χ4v) is 1.79. The highest BCUT2D eigenvalue weighted by Crippen LogP contribution is 2.24. The lowest BCUT2D eigenvalue weighted by molar-refractivity contribution is 0.458. The van der Waals surface area contributed by atoms with E-state index in [1.54, 1.807) is 6.08 Å². The van der Waals surface area contributed by atoms with Crippen molar-refractivity contribution in [2.24, 2.45) is 0 Å². The van der Waals surface area contributed by atoms with Gasteiger partial charge in [-0.1, -0.05) is 29.8 Å². The van der Waals surface area contributed by atoms with E-state index in [0.717, 1.165) is 0 Å². The van der Waals surface area contributed by atoms with Gasteiger partial charge in [-0.3, -0.25) is 0 Å². The molecule has 0 fully saturated rings. The number of benzene rings is 1. The summed E-state index contributed by atoms with van der Waals surface area (Å²) in [5, 5.41) is 3.28. The molecule has 0 aromatic heterocycles. The summed E-state index contributed by atoms with van der Waals surface area (Å²) >= 11 is 0. The van der Waals surface area contributed by atoms with Gasteiger partial charge in [0.1, 0.15) is 0 Å². The lowest BCUT2D eigenvalue weighted by atomic mass is 9.99. The molecule has 0 aliphatic carbocycles. The fourth-order valence-electron chi connectivity index (χ4n) is 1.79. The molecule has 1 aromatic rings. The number of halogens is 1. The molecular weight excluding hydrogens is 177 g/mol. The van der Waals surface area contributed by atoms with Crippen LogP contribution in [0.5, 0.6) is 0 Å². The molecule has 1 aliphatic heterocycles. The minimum atomic E-state index is -0.00439. The molecule has 2 heteroatoms. The first-order chi connectivity index (χ1) is 6.75. The second kappa shape index (κ2) is 3.93. The average molecular weight is 191 g/mol. The van der Waals surface area contributed by atoms with Crippen molar-refractivity contribution in [3.05, 3.63) is 47.3 Å². The Balaban J connectivity index is 2.19. The number of hydrogen-bond donors (Lipinski definition) is 1. The molecular formula is C12H14FN. The highest BCUT2D eigenvalue weighted by atomic mass is 19.1. The van der Waals surface area contributed by atoms with Gasteiger partial charge in [0.15, 0.2) is 0 Å². The Bertz CT molecular complexity index is 357. The molecule has 1 atom stereocenters. The van der Waals surface area contributed by atoms with Gasteiger partial charge in [0, 0.05) is 19.0 Å². The van der Waals surface area contributed by atoms with Crippen LogP contribution in [-0.2, 0) is 0 Å². The van der Waals surface area contributed by atoms with Gasteiger partial charge < -0.3 is 5.32 Å². The van der Waals surface area contributed by atoms with Gasteiger partial charge in [-0.15, -0.1) is 0 Å². The van der Waals surface area contributed by atoms with Crippen LogP contribution in [0, 0.1) is 6.92 Å². The second-order valence-corrected chi connectivity index (χ2v) is 3.73. The van der Waals surface area contributed by atoms with Crippen molar-refractivity contribution in [2.45, 2.75) is 19.4 Å². The molecule has 1 N–H and O–H groups in total. The molecule has 0 bridgehead atoms. The summed E-state index contributed by atoms with van der Waals surface area (Å²) in [6.45, 7) is 2.68. The summed E-state index contributed by atoms with van der Waals surface area (Å²) in [6, 6.07) is 8.36. The van der Waals surface area contributed by atoms with E-state index in [9.17, 15) is 4.39 Å². The molecule has 1 aliphatic rings. The van der Waals surface area contributed by atoms with E-state index in [0.29, 0.717) is 13.0 Å². The average Bonchev–Trinajstić information content (AvgIpc) is 2.18. The Morgan fingerprint density at radius 2 is 2.29 bits per heavy atom. The van der Waals surface area contributed by atoms with Crippen molar-refractivity contribution in [3.63, 3.8) is 0 Å². The van der Waals surface area contributed by atoms with Crippen molar-refractivity contribution < 1.29 is 4.39 Å². The van der Waals surface area contributed by atoms with E-state index in [2.05, 4.69) is 24.4 Å². The standard InChI is InChI=1S/C12H14FN/c1-9-3-2-4-10(7-9)12-8-11(13)5-6-14-12/h2-5,7,12,14H,6,8H2,1H3. The predicted molar refractivity (Wildman–Crippen MR) is 55.7 cm³/mol. The van der Waals surface area contributed by atoms with Crippen LogP contribution in [0.15, 0.2) is 36.2 Å². The van der Waals surface area contributed by atoms with Crippen molar-refractivity contribution >= 4 is 0 Å². The minimum Gasteiger partial charge on any atom is -0.306 e. The summed E-state index contributed by atoms with van der Waals surface area (Å²) in [7, 11) is 0. The summed E-state index contributed by atoms with van der Waals surface area (Å²) in [5.74, 6) is -0.00439. The summed E-state index contributed by atoms with van der Waals surface area (Å²) in [5.41, 5.74) is 2.40. The quantitative estimate of drug-likeness (QED) is 0.719. The number of nitrogens with one attached hydrogen (secondary N) is 1.